The number of likely N-dealkylation sites (N-methyl/N-ethyl adjacent to an activating group) is 1. The maximum atomic E-state index is 12.6. The Labute approximate surface area is 153 Å². The fourth-order valence-electron chi connectivity index (χ4n) is 3.89. The summed E-state index contributed by atoms with van der Waals surface area (Å²) in [5.74, 6) is 0.191. The van der Waals surface area contributed by atoms with Gasteiger partial charge in [0.1, 0.15) is 6.33 Å². The first kappa shape index (κ1) is 17.8. The number of halogens is 1. The number of aromatic nitrogens is 4. The third-order valence-electron chi connectivity index (χ3n) is 5.29. The molecular weight excluding hydrogens is 340 g/mol. The van der Waals surface area contributed by atoms with E-state index in [9.17, 15) is 4.79 Å². The quantitative estimate of drug-likeness (QED) is 0.889. The maximum Gasteiger partial charge on any atom is 0.226 e. The molecular formula is C17H23ClN6O. The summed E-state index contributed by atoms with van der Waals surface area (Å²) in [4.78, 5) is 14.6. The number of amides is 1. The number of nitrogens with zero attached hydrogens (tertiary/aromatic N) is 5. The van der Waals surface area contributed by atoms with Crippen LogP contribution < -0.4 is 5.32 Å². The number of benzene rings is 1. The van der Waals surface area contributed by atoms with Crippen LogP contribution in [0.3, 0.4) is 0 Å². The van der Waals surface area contributed by atoms with E-state index in [1.807, 2.05) is 36.2 Å². The van der Waals surface area contributed by atoms with Gasteiger partial charge in [0.2, 0.25) is 5.91 Å². The monoisotopic (exact) mass is 362 g/mol. The number of hydrogen-bond acceptors (Lipinski definition) is 5. The summed E-state index contributed by atoms with van der Waals surface area (Å²) in [7, 11) is 1.95. The Balaban J connectivity index is 0.00000182. The number of nitrogens with one attached hydrogen (secondary N) is 1. The molecule has 2 aliphatic heterocycles. The van der Waals surface area contributed by atoms with E-state index in [0.29, 0.717) is 24.5 Å². The molecule has 2 aromatic rings. The van der Waals surface area contributed by atoms with Crippen LogP contribution in [-0.4, -0.2) is 56.2 Å². The van der Waals surface area contributed by atoms with E-state index < -0.39 is 0 Å². The van der Waals surface area contributed by atoms with Crippen molar-refractivity contribution in [2.75, 3.05) is 7.05 Å². The van der Waals surface area contributed by atoms with Gasteiger partial charge >= 0.3 is 0 Å². The van der Waals surface area contributed by atoms with E-state index in [2.05, 4.69) is 20.8 Å². The number of fused-ring (bicyclic) bond motifs is 2. The molecule has 2 unspecified atom stereocenters. The molecule has 1 aromatic heterocycles. The molecule has 2 aliphatic rings. The lowest BCUT2D eigenvalue weighted by Gasteiger charge is -2.35. The van der Waals surface area contributed by atoms with Crippen LogP contribution in [0.25, 0.3) is 5.69 Å². The summed E-state index contributed by atoms with van der Waals surface area (Å²) in [5, 5.41) is 14.7. The van der Waals surface area contributed by atoms with Crippen LogP contribution in [0.2, 0.25) is 0 Å². The Bertz CT molecular complexity index is 692. The molecule has 1 amide bonds. The summed E-state index contributed by atoms with van der Waals surface area (Å²) in [6, 6.07) is 9.37. The van der Waals surface area contributed by atoms with Crippen molar-refractivity contribution in [3.63, 3.8) is 0 Å². The molecule has 1 N–H and O–H groups in total. The van der Waals surface area contributed by atoms with Crippen molar-refractivity contribution in [3.05, 3.63) is 36.2 Å². The number of carbonyl (C=O) groups excluding carboxylic acids is 1. The van der Waals surface area contributed by atoms with E-state index in [1.165, 1.54) is 12.8 Å². The first-order chi connectivity index (χ1) is 11.7. The SMILES string of the molecule is CN(C(=O)Cc1ccc(-n2cnnn2)cc1)C1CC2CCC(C1)N2.Cl. The molecule has 134 valence electrons. The van der Waals surface area contributed by atoms with Crippen molar-refractivity contribution >= 4 is 18.3 Å². The second-order valence-electron chi connectivity index (χ2n) is 6.87. The lowest BCUT2D eigenvalue weighted by molar-refractivity contribution is -0.131. The fraction of sp³-hybridized carbons (Fsp3) is 0.529. The van der Waals surface area contributed by atoms with Gasteiger partial charge in [-0.25, -0.2) is 4.68 Å². The van der Waals surface area contributed by atoms with Crippen molar-refractivity contribution < 1.29 is 4.79 Å². The molecule has 0 saturated carbocycles. The molecule has 4 rings (SSSR count). The average molecular weight is 363 g/mol. The fourth-order valence-corrected chi connectivity index (χ4v) is 3.89. The van der Waals surface area contributed by atoms with Crippen molar-refractivity contribution in [2.24, 2.45) is 0 Å². The highest BCUT2D eigenvalue weighted by Gasteiger charge is 2.36. The number of piperidine rings is 1. The van der Waals surface area contributed by atoms with E-state index in [1.54, 1.807) is 11.0 Å². The van der Waals surface area contributed by atoms with Crippen LogP contribution >= 0.6 is 12.4 Å². The molecule has 0 aliphatic carbocycles. The molecule has 25 heavy (non-hydrogen) atoms. The summed E-state index contributed by atoms with van der Waals surface area (Å²) in [6.45, 7) is 0. The molecule has 2 atom stereocenters. The number of hydrogen-bond donors (Lipinski definition) is 1. The van der Waals surface area contributed by atoms with Gasteiger partial charge in [0, 0.05) is 25.2 Å². The zero-order valence-corrected chi connectivity index (χ0v) is 15.0. The number of tetrazole rings is 1. The standard InChI is InChI=1S/C17H22N6O.ClH/c1-22(16-9-13-4-5-14(10-16)19-13)17(24)8-12-2-6-15(7-3-12)23-11-18-20-21-23;/h2-3,6-7,11,13-14,16,19H,4-5,8-10H2,1H3;1H. The van der Waals surface area contributed by atoms with Gasteiger partial charge in [-0.05, 0) is 53.8 Å². The predicted octanol–water partition coefficient (Wildman–Crippen LogP) is 1.37. The van der Waals surface area contributed by atoms with Crippen LogP contribution in [0.15, 0.2) is 30.6 Å². The summed E-state index contributed by atoms with van der Waals surface area (Å²) >= 11 is 0. The molecule has 8 heteroatoms. The minimum absolute atomic E-state index is 0. The largest absolute Gasteiger partial charge is 0.342 e. The molecule has 2 saturated heterocycles. The van der Waals surface area contributed by atoms with E-state index in [0.717, 1.165) is 24.1 Å². The van der Waals surface area contributed by atoms with E-state index >= 15 is 0 Å². The first-order valence-electron chi connectivity index (χ1n) is 8.53. The minimum atomic E-state index is 0. The minimum Gasteiger partial charge on any atom is -0.342 e. The van der Waals surface area contributed by atoms with E-state index in [4.69, 9.17) is 0 Å². The molecule has 1 aromatic carbocycles. The summed E-state index contributed by atoms with van der Waals surface area (Å²) in [6.07, 6.45) is 6.66. The van der Waals surface area contributed by atoms with Gasteiger partial charge in [-0.1, -0.05) is 12.1 Å². The number of rotatable bonds is 4. The molecule has 3 heterocycles. The Morgan fingerprint density at radius 3 is 2.52 bits per heavy atom. The van der Waals surface area contributed by atoms with Crippen molar-refractivity contribution in [1.29, 1.82) is 0 Å². The summed E-state index contributed by atoms with van der Waals surface area (Å²) in [5.41, 5.74) is 1.90. The van der Waals surface area contributed by atoms with Gasteiger partial charge in [-0.2, -0.15) is 0 Å². The van der Waals surface area contributed by atoms with Gasteiger partial charge in [-0.15, -0.1) is 17.5 Å². The Morgan fingerprint density at radius 2 is 1.92 bits per heavy atom. The van der Waals surface area contributed by atoms with Crippen molar-refractivity contribution in [2.45, 2.75) is 50.2 Å². The zero-order chi connectivity index (χ0) is 16.5. The van der Waals surface area contributed by atoms with Crippen molar-refractivity contribution in [1.82, 2.24) is 30.4 Å². The predicted molar refractivity (Wildman–Crippen MR) is 95.8 cm³/mol. The third-order valence-corrected chi connectivity index (χ3v) is 5.29. The lowest BCUT2D eigenvalue weighted by Crippen LogP contribution is -2.49. The third kappa shape index (κ3) is 3.82. The molecule has 2 fully saturated rings. The van der Waals surface area contributed by atoms with Crippen LogP contribution in [0, 0.1) is 0 Å². The molecule has 0 radical (unpaired) electrons. The molecule has 7 nitrogen and oxygen atoms in total. The Hall–Kier alpha value is -1.99. The average Bonchev–Trinajstić information content (AvgIpc) is 3.24. The topological polar surface area (TPSA) is 75.9 Å². The highest BCUT2D eigenvalue weighted by molar-refractivity contribution is 5.85. The Morgan fingerprint density at radius 1 is 1.24 bits per heavy atom. The normalized spacial score (nSPS) is 24.6. The molecule has 0 spiro atoms. The highest BCUT2D eigenvalue weighted by Crippen LogP contribution is 2.29. The maximum absolute atomic E-state index is 12.6. The first-order valence-corrected chi connectivity index (χ1v) is 8.53. The van der Waals surface area contributed by atoms with Gasteiger partial charge < -0.3 is 10.2 Å². The lowest BCUT2D eigenvalue weighted by atomic mass is 9.98. The summed E-state index contributed by atoms with van der Waals surface area (Å²) < 4.78 is 1.60. The highest BCUT2D eigenvalue weighted by atomic mass is 35.5. The van der Waals surface area contributed by atoms with Crippen LogP contribution in [0.1, 0.15) is 31.2 Å². The molecule has 2 bridgehead atoms. The second kappa shape index (κ2) is 7.49. The van der Waals surface area contributed by atoms with Gasteiger partial charge in [0.15, 0.2) is 0 Å². The van der Waals surface area contributed by atoms with Gasteiger partial charge in [0.25, 0.3) is 0 Å². The second-order valence-corrected chi connectivity index (χ2v) is 6.87. The Kier molecular flexibility index (Phi) is 5.34. The van der Waals surface area contributed by atoms with Crippen LogP contribution in [-0.2, 0) is 11.2 Å². The van der Waals surface area contributed by atoms with Crippen molar-refractivity contribution in [3.8, 4) is 5.69 Å². The van der Waals surface area contributed by atoms with Gasteiger partial charge in [0.05, 0.1) is 12.1 Å². The number of carbonyl (C=O) groups is 1. The zero-order valence-electron chi connectivity index (χ0n) is 14.2. The van der Waals surface area contributed by atoms with Crippen LogP contribution in [0.5, 0.6) is 0 Å². The smallest absolute Gasteiger partial charge is 0.226 e. The van der Waals surface area contributed by atoms with Crippen LogP contribution in [0.4, 0.5) is 0 Å². The van der Waals surface area contributed by atoms with E-state index in [-0.39, 0.29) is 18.3 Å². The van der Waals surface area contributed by atoms with Gasteiger partial charge in [-0.3, -0.25) is 4.79 Å².